The lowest BCUT2D eigenvalue weighted by molar-refractivity contribution is -0.112. The Balaban J connectivity index is 1.93. The lowest BCUT2D eigenvalue weighted by atomic mass is 9.88. The van der Waals surface area contributed by atoms with Crippen molar-refractivity contribution in [1.82, 2.24) is 0 Å². The first-order chi connectivity index (χ1) is 11.2. The summed E-state index contributed by atoms with van der Waals surface area (Å²) < 4.78 is 6.01. The summed E-state index contributed by atoms with van der Waals surface area (Å²) in [7, 11) is 0. The molecule has 0 bridgehead atoms. The van der Waals surface area contributed by atoms with Gasteiger partial charge in [-0.2, -0.15) is 0 Å². The van der Waals surface area contributed by atoms with Gasteiger partial charge in [-0.05, 0) is 36.8 Å². The number of aryl methyl sites for hydroxylation is 1. The molecule has 118 valence electrons. The fourth-order valence-electron chi connectivity index (χ4n) is 2.86. The van der Waals surface area contributed by atoms with E-state index in [0.29, 0.717) is 5.76 Å². The van der Waals surface area contributed by atoms with Gasteiger partial charge in [0, 0.05) is 5.92 Å². The summed E-state index contributed by atoms with van der Waals surface area (Å²) in [6.07, 6.45) is 4.52. The lowest BCUT2D eigenvalue weighted by Gasteiger charge is -2.29. The van der Waals surface area contributed by atoms with E-state index in [9.17, 15) is 4.79 Å². The van der Waals surface area contributed by atoms with Gasteiger partial charge in [-0.1, -0.05) is 71.9 Å². The number of ether oxygens (including phenoxy) is 1. The third-order valence-corrected chi connectivity index (χ3v) is 4.73. The molecule has 0 saturated carbocycles. The molecule has 3 heteroatoms. The molecule has 0 fully saturated rings. The monoisotopic (exact) mass is 324 g/mol. The van der Waals surface area contributed by atoms with Gasteiger partial charge >= 0.3 is 0 Å². The predicted molar refractivity (Wildman–Crippen MR) is 95.4 cm³/mol. The highest BCUT2D eigenvalue weighted by Gasteiger charge is 2.28. The molecular weight excluding hydrogens is 304 g/mol. The number of benzene rings is 2. The van der Waals surface area contributed by atoms with Gasteiger partial charge in [-0.15, -0.1) is 0 Å². The molecule has 2 nitrogen and oxygen atoms in total. The minimum Gasteiger partial charge on any atom is -0.481 e. The number of carbonyl (C=O) groups is 1. The number of carbonyl (C=O) groups excluding carboxylic acids is 1. The smallest absolute Gasteiger partial charge is 0.253 e. The van der Waals surface area contributed by atoms with Crippen molar-refractivity contribution in [2.45, 2.75) is 25.4 Å². The maximum atomic E-state index is 12.1. The Kier molecular flexibility index (Phi) is 4.87. The summed E-state index contributed by atoms with van der Waals surface area (Å²) in [6.45, 7) is 2.07. The SMILES string of the molecule is CSC(=O)C1=C[C@@H](c2ccccc2)C[C@H](c2ccc(C)cc2)O1. The van der Waals surface area contributed by atoms with Crippen LogP contribution in [0, 0.1) is 6.92 Å². The maximum absolute atomic E-state index is 12.1. The second kappa shape index (κ2) is 7.05. The van der Waals surface area contributed by atoms with Gasteiger partial charge in [0.15, 0.2) is 5.76 Å². The summed E-state index contributed by atoms with van der Waals surface area (Å²) in [5.41, 5.74) is 3.57. The van der Waals surface area contributed by atoms with Crippen LogP contribution in [0.1, 0.15) is 35.1 Å². The summed E-state index contributed by atoms with van der Waals surface area (Å²) >= 11 is 1.20. The van der Waals surface area contributed by atoms with Gasteiger partial charge in [0.05, 0.1) is 0 Å². The highest BCUT2D eigenvalue weighted by Crippen LogP contribution is 2.39. The van der Waals surface area contributed by atoms with Crippen LogP contribution >= 0.6 is 11.8 Å². The predicted octanol–water partition coefficient (Wildman–Crippen LogP) is 5.01. The molecule has 3 rings (SSSR count). The van der Waals surface area contributed by atoms with Crippen molar-refractivity contribution in [3.63, 3.8) is 0 Å². The minimum absolute atomic E-state index is 0.0113. The van der Waals surface area contributed by atoms with Crippen molar-refractivity contribution in [2.75, 3.05) is 6.26 Å². The molecule has 2 aromatic rings. The Labute approximate surface area is 141 Å². The minimum atomic E-state index is -0.0862. The third kappa shape index (κ3) is 3.67. The van der Waals surface area contributed by atoms with Crippen molar-refractivity contribution >= 4 is 16.9 Å². The number of thioether (sulfide) groups is 1. The summed E-state index contributed by atoms with van der Waals surface area (Å²) in [4.78, 5) is 12.1. The average molecular weight is 324 g/mol. The van der Waals surface area contributed by atoms with E-state index in [1.807, 2.05) is 24.3 Å². The second-order valence-corrected chi connectivity index (χ2v) is 6.57. The van der Waals surface area contributed by atoms with Crippen LogP contribution in [0.25, 0.3) is 0 Å². The number of allylic oxidation sites excluding steroid dienone is 1. The standard InChI is InChI=1S/C20H20O2S/c1-14-8-10-16(11-9-14)18-12-17(15-6-4-3-5-7-15)13-19(22-18)20(21)23-2/h3-11,13,17-18H,12H2,1-2H3/t17-,18+/m0/s1. The Morgan fingerprint density at radius 3 is 2.39 bits per heavy atom. The molecule has 2 atom stereocenters. The van der Waals surface area contributed by atoms with Gasteiger partial charge in [0.2, 0.25) is 0 Å². The van der Waals surface area contributed by atoms with Crippen molar-refractivity contribution < 1.29 is 9.53 Å². The van der Waals surface area contributed by atoms with Crippen LogP contribution in [0.3, 0.4) is 0 Å². The molecule has 0 aromatic heterocycles. The molecule has 0 unspecified atom stereocenters. The molecule has 0 N–H and O–H groups in total. The van der Waals surface area contributed by atoms with E-state index in [-0.39, 0.29) is 17.1 Å². The number of rotatable bonds is 3. The van der Waals surface area contributed by atoms with Gasteiger partial charge in [0.25, 0.3) is 5.12 Å². The second-order valence-electron chi connectivity index (χ2n) is 5.79. The molecule has 1 heterocycles. The average Bonchev–Trinajstić information content (AvgIpc) is 2.62. The Hall–Kier alpha value is -2.00. The summed E-state index contributed by atoms with van der Waals surface area (Å²) in [6, 6.07) is 18.7. The Bertz CT molecular complexity index is 704. The fraction of sp³-hybridized carbons (Fsp3) is 0.250. The van der Waals surface area contributed by atoms with E-state index in [2.05, 4.69) is 43.3 Å². The van der Waals surface area contributed by atoms with Gasteiger partial charge < -0.3 is 4.74 Å². The summed E-state index contributed by atoms with van der Waals surface area (Å²) in [5.74, 6) is 0.672. The molecule has 2 aromatic carbocycles. The number of hydrogen-bond donors (Lipinski definition) is 0. The van der Waals surface area contributed by atoms with Crippen LogP contribution in [0.5, 0.6) is 0 Å². The van der Waals surface area contributed by atoms with Crippen LogP contribution in [-0.4, -0.2) is 11.4 Å². The molecule has 0 amide bonds. The molecule has 1 aliphatic rings. The molecule has 1 aliphatic heterocycles. The van der Waals surface area contributed by atoms with E-state index in [0.717, 1.165) is 12.0 Å². The lowest BCUT2D eigenvalue weighted by Crippen LogP contribution is -2.18. The van der Waals surface area contributed by atoms with Crippen LogP contribution < -0.4 is 0 Å². The van der Waals surface area contributed by atoms with Crippen molar-refractivity contribution in [2.24, 2.45) is 0 Å². The third-order valence-electron chi connectivity index (χ3n) is 4.15. The first-order valence-electron chi connectivity index (χ1n) is 7.75. The normalized spacial score (nSPS) is 20.5. The van der Waals surface area contributed by atoms with E-state index < -0.39 is 0 Å². The fourth-order valence-corrected chi connectivity index (χ4v) is 3.17. The number of hydrogen-bond acceptors (Lipinski definition) is 3. The van der Waals surface area contributed by atoms with E-state index in [1.54, 1.807) is 6.26 Å². The van der Waals surface area contributed by atoms with Gasteiger partial charge in [-0.3, -0.25) is 4.79 Å². The molecular formula is C20H20O2S. The Morgan fingerprint density at radius 2 is 1.74 bits per heavy atom. The van der Waals surface area contributed by atoms with Crippen LogP contribution in [0.15, 0.2) is 66.4 Å². The molecule has 0 radical (unpaired) electrons. The highest BCUT2D eigenvalue weighted by molar-refractivity contribution is 8.13. The van der Waals surface area contributed by atoms with Gasteiger partial charge in [-0.25, -0.2) is 0 Å². The molecule has 23 heavy (non-hydrogen) atoms. The van der Waals surface area contributed by atoms with Crippen molar-refractivity contribution in [3.05, 3.63) is 83.1 Å². The van der Waals surface area contributed by atoms with E-state index in [4.69, 9.17) is 4.74 Å². The molecule has 0 saturated heterocycles. The topological polar surface area (TPSA) is 26.3 Å². The summed E-state index contributed by atoms with van der Waals surface area (Å²) in [5, 5.41) is -0.0113. The first-order valence-corrected chi connectivity index (χ1v) is 8.98. The Morgan fingerprint density at radius 1 is 1.04 bits per heavy atom. The zero-order chi connectivity index (χ0) is 16.2. The van der Waals surface area contributed by atoms with Crippen molar-refractivity contribution in [1.29, 1.82) is 0 Å². The van der Waals surface area contributed by atoms with Gasteiger partial charge in [0.1, 0.15) is 6.10 Å². The first kappa shape index (κ1) is 15.9. The zero-order valence-corrected chi connectivity index (χ0v) is 14.2. The van der Waals surface area contributed by atoms with Crippen LogP contribution in [-0.2, 0) is 9.53 Å². The molecule has 0 spiro atoms. The highest BCUT2D eigenvalue weighted by atomic mass is 32.2. The molecule has 0 aliphatic carbocycles. The van der Waals surface area contributed by atoms with E-state index in [1.165, 1.54) is 22.9 Å². The van der Waals surface area contributed by atoms with Crippen molar-refractivity contribution in [3.8, 4) is 0 Å². The largest absolute Gasteiger partial charge is 0.481 e. The zero-order valence-electron chi connectivity index (χ0n) is 13.4. The quantitative estimate of drug-likeness (QED) is 0.793. The van der Waals surface area contributed by atoms with Crippen LogP contribution in [0.2, 0.25) is 0 Å². The van der Waals surface area contributed by atoms with E-state index >= 15 is 0 Å². The maximum Gasteiger partial charge on any atom is 0.253 e. The van der Waals surface area contributed by atoms with Crippen LogP contribution in [0.4, 0.5) is 0 Å².